The number of aromatic nitrogens is 1. The van der Waals surface area contributed by atoms with Crippen LogP contribution in [-0.2, 0) is 6.42 Å². The van der Waals surface area contributed by atoms with Crippen molar-refractivity contribution in [3.8, 4) is 0 Å². The van der Waals surface area contributed by atoms with Crippen LogP contribution in [0, 0.1) is 0 Å². The van der Waals surface area contributed by atoms with Gasteiger partial charge in [-0.2, -0.15) is 0 Å². The zero-order valence-corrected chi connectivity index (χ0v) is 14.3. The Kier molecular flexibility index (Phi) is 4.98. The number of carbonyl (C=O) groups is 2. The van der Waals surface area contributed by atoms with E-state index in [4.69, 9.17) is 17.3 Å². The lowest BCUT2D eigenvalue weighted by Crippen LogP contribution is -2.28. The van der Waals surface area contributed by atoms with Crippen molar-refractivity contribution in [3.05, 3.63) is 39.3 Å². The normalized spacial score (nSPS) is 13.9. The fraction of sp³-hybridized carbons (Fsp3) is 0.267. The minimum Gasteiger partial charge on any atom is -0.336 e. The minimum absolute atomic E-state index is 0.202. The van der Waals surface area contributed by atoms with Crippen molar-refractivity contribution >= 4 is 46.3 Å². The smallest absolute Gasteiger partial charge is 0.322 e. The number of hydrogen-bond donors (Lipinski definition) is 3. The highest BCUT2D eigenvalue weighted by Gasteiger charge is 2.23. The summed E-state index contributed by atoms with van der Waals surface area (Å²) >= 11 is 7.58. The Morgan fingerprint density at radius 2 is 2.33 bits per heavy atom. The highest BCUT2D eigenvalue weighted by molar-refractivity contribution is 7.09. The SMILES string of the molecule is NCCc1nc(C(=O)Nc2ccc(Cl)c(N3CCNC3=O)c2)cs1. The van der Waals surface area contributed by atoms with E-state index in [1.54, 1.807) is 28.5 Å². The molecule has 0 saturated carbocycles. The first kappa shape index (κ1) is 16.7. The molecule has 3 amide bonds. The third-order valence-electron chi connectivity index (χ3n) is 3.49. The number of halogens is 1. The summed E-state index contributed by atoms with van der Waals surface area (Å²) in [6, 6.07) is 4.81. The number of nitrogens with zero attached hydrogens (tertiary/aromatic N) is 2. The highest BCUT2D eigenvalue weighted by atomic mass is 35.5. The van der Waals surface area contributed by atoms with Crippen molar-refractivity contribution < 1.29 is 9.59 Å². The van der Waals surface area contributed by atoms with Crippen LogP contribution in [0.5, 0.6) is 0 Å². The Morgan fingerprint density at radius 3 is 3.04 bits per heavy atom. The Bertz CT molecular complexity index is 779. The Hall–Kier alpha value is -2.16. The number of thiazole rings is 1. The quantitative estimate of drug-likeness (QED) is 0.755. The number of nitrogens with one attached hydrogen (secondary N) is 2. The maximum Gasteiger partial charge on any atom is 0.322 e. The number of nitrogens with two attached hydrogens (primary N) is 1. The molecule has 9 heteroatoms. The van der Waals surface area contributed by atoms with E-state index >= 15 is 0 Å². The summed E-state index contributed by atoms with van der Waals surface area (Å²) in [4.78, 5) is 29.9. The number of benzene rings is 1. The van der Waals surface area contributed by atoms with Gasteiger partial charge < -0.3 is 16.4 Å². The predicted octanol–water partition coefficient (Wildman–Crippen LogP) is 2.08. The number of rotatable bonds is 5. The van der Waals surface area contributed by atoms with Crippen LogP contribution in [0.25, 0.3) is 0 Å². The predicted molar refractivity (Wildman–Crippen MR) is 95.0 cm³/mol. The molecule has 1 aliphatic rings. The van der Waals surface area contributed by atoms with Gasteiger partial charge in [0.15, 0.2) is 0 Å². The molecule has 1 aliphatic heterocycles. The zero-order valence-electron chi connectivity index (χ0n) is 12.7. The van der Waals surface area contributed by atoms with Crippen molar-refractivity contribution in [2.75, 3.05) is 29.9 Å². The van der Waals surface area contributed by atoms with Gasteiger partial charge in [0.1, 0.15) is 5.69 Å². The number of amides is 3. The van der Waals surface area contributed by atoms with Crippen LogP contribution in [0.2, 0.25) is 5.02 Å². The molecule has 1 aromatic carbocycles. The van der Waals surface area contributed by atoms with E-state index in [0.717, 1.165) is 5.01 Å². The topological polar surface area (TPSA) is 100 Å². The lowest BCUT2D eigenvalue weighted by atomic mass is 10.2. The largest absolute Gasteiger partial charge is 0.336 e. The Labute approximate surface area is 147 Å². The number of carbonyl (C=O) groups excluding carboxylic acids is 2. The van der Waals surface area contributed by atoms with Gasteiger partial charge in [0, 0.05) is 30.6 Å². The Morgan fingerprint density at radius 1 is 1.50 bits per heavy atom. The fourth-order valence-corrected chi connectivity index (χ4v) is 3.36. The maximum atomic E-state index is 12.3. The first-order chi connectivity index (χ1) is 11.6. The van der Waals surface area contributed by atoms with E-state index in [-0.39, 0.29) is 11.9 Å². The van der Waals surface area contributed by atoms with Crippen LogP contribution in [0.3, 0.4) is 0 Å². The van der Waals surface area contributed by atoms with Crippen molar-refractivity contribution in [2.45, 2.75) is 6.42 Å². The van der Waals surface area contributed by atoms with E-state index in [1.807, 2.05) is 0 Å². The molecule has 2 heterocycles. The van der Waals surface area contributed by atoms with Crippen molar-refractivity contribution in [2.24, 2.45) is 5.73 Å². The van der Waals surface area contributed by atoms with Crippen LogP contribution in [0.1, 0.15) is 15.5 Å². The first-order valence-corrected chi connectivity index (χ1v) is 8.65. The second-order valence-corrected chi connectivity index (χ2v) is 6.52. The van der Waals surface area contributed by atoms with Gasteiger partial charge in [0.2, 0.25) is 0 Å². The van der Waals surface area contributed by atoms with Crippen molar-refractivity contribution in [1.82, 2.24) is 10.3 Å². The average Bonchev–Trinajstić information content (AvgIpc) is 3.19. The molecule has 3 rings (SSSR count). The van der Waals surface area contributed by atoms with Gasteiger partial charge in [-0.1, -0.05) is 11.6 Å². The van der Waals surface area contributed by atoms with Crippen LogP contribution < -0.4 is 21.3 Å². The molecule has 126 valence electrons. The molecule has 2 aromatic rings. The van der Waals surface area contributed by atoms with Crippen LogP contribution in [0.15, 0.2) is 23.6 Å². The molecule has 1 saturated heterocycles. The monoisotopic (exact) mass is 365 g/mol. The minimum atomic E-state index is -0.311. The van der Waals surface area contributed by atoms with Gasteiger partial charge in [-0.15, -0.1) is 11.3 Å². The summed E-state index contributed by atoms with van der Waals surface area (Å²) in [7, 11) is 0. The van der Waals surface area contributed by atoms with E-state index < -0.39 is 0 Å². The Balaban J connectivity index is 1.77. The average molecular weight is 366 g/mol. The molecule has 0 spiro atoms. The molecule has 1 aromatic heterocycles. The summed E-state index contributed by atoms with van der Waals surface area (Å²) in [5.74, 6) is -0.311. The molecule has 0 bridgehead atoms. The summed E-state index contributed by atoms with van der Waals surface area (Å²) in [6.45, 7) is 1.59. The van der Waals surface area contributed by atoms with Crippen LogP contribution in [-0.4, -0.2) is 36.6 Å². The molecule has 0 radical (unpaired) electrons. The van der Waals surface area contributed by atoms with Gasteiger partial charge in [-0.25, -0.2) is 9.78 Å². The standard InChI is InChI=1S/C15H16ClN5O2S/c16-10-2-1-9(7-12(10)21-6-5-18-15(21)23)19-14(22)11-8-24-13(20-11)3-4-17/h1-2,7-8H,3-6,17H2,(H,18,23)(H,19,22). The van der Waals surface area contributed by atoms with E-state index in [1.165, 1.54) is 11.3 Å². The van der Waals surface area contributed by atoms with Gasteiger partial charge in [-0.05, 0) is 24.7 Å². The summed E-state index contributed by atoms with van der Waals surface area (Å²) < 4.78 is 0. The molecular formula is C15H16ClN5O2S. The van der Waals surface area contributed by atoms with Crippen molar-refractivity contribution in [1.29, 1.82) is 0 Å². The maximum absolute atomic E-state index is 12.3. The molecule has 0 aliphatic carbocycles. The summed E-state index contributed by atoms with van der Waals surface area (Å²) in [6.07, 6.45) is 0.646. The fourth-order valence-electron chi connectivity index (χ4n) is 2.35. The van der Waals surface area contributed by atoms with Gasteiger partial charge in [0.05, 0.1) is 15.7 Å². The van der Waals surface area contributed by atoms with E-state index in [9.17, 15) is 9.59 Å². The van der Waals surface area contributed by atoms with Gasteiger partial charge in [0.25, 0.3) is 5.91 Å². The second kappa shape index (κ2) is 7.16. The number of urea groups is 1. The van der Waals surface area contributed by atoms with Crippen LogP contribution >= 0.6 is 22.9 Å². The summed E-state index contributed by atoms with van der Waals surface area (Å²) in [5.41, 5.74) is 6.94. The molecule has 0 atom stereocenters. The lowest BCUT2D eigenvalue weighted by molar-refractivity contribution is 0.102. The third kappa shape index (κ3) is 3.50. The molecule has 24 heavy (non-hydrogen) atoms. The molecule has 7 nitrogen and oxygen atoms in total. The molecule has 4 N–H and O–H groups in total. The summed E-state index contributed by atoms with van der Waals surface area (Å²) in [5, 5.41) is 8.47. The van der Waals surface area contributed by atoms with E-state index in [2.05, 4.69) is 15.6 Å². The van der Waals surface area contributed by atoms with Gasteiger partial charge in [-0.3, -0.25) is 9.69 Å². The molecular weight excluding hydrogens is 350 g/mol. The lowest BCUT2D eigenvalue weighted by Gasteiger charge is -2.17. The van der Waals surface area contributed by atoms with Gasteiger partial charge >= 0.3 is 6.03 Å². The third-order valence-corrected chi connectivity index (χ3v) is 4.72. The zero-order chi connectivity index (χ0) is 17.1. The van der Waals surface area contributed by atoms with Crippen molar-refractivity contribution in [3.63, 3.8) is 0 Å². The molecule has 1 fully saturated rings. The highest BCUT2D eigenvalue weighted by Crippen LogP contribution is 2.30. The first-order valence-electron chi connectivity index (χ1n) is 7.39. The molecule has 0 unspecified atom stereocenters. The van der Waals surface area contributed by atoms with Crippen LogP contribution in [0.4, 0.5) is 16.2 Å². The van der Waals surface area contributed by atoms with E-state index in [0.29, 0.717) is 48.1 Å². The number of hydrogen-bond acceptors (Lipinski definition) is 5. The number of anilines is 2. The second-order valence-electron chi connectivity index (χ2n) is 5.17.